The molecule has 0 aromatic heterocycles. The molecule has 0 aromatic rings. The van der Waals surface area contributed by atoms with Crippen LogP contribution >= 0.6 is 0 Å². The Labute approximate surface area is 65.0 Å². The summed E-state index contributed by atoms with van der Waals surface area (Å²) in [6.07, 6.45) is 3.55. The van der Waals surface area contributed by atoms with Gasteiger partial charge in [0.15, 0.2) is 0 Å². The normalized spacial score (nSPS) is 10.4. The first kappa shape index (κ1) is 9.56. The standard InChI is InChI=1S/C10H18/c1-5-6-7-8-9-10(2,3)4/h5-7H2,1-4H3. The zero-order valence-electron chi connectivity index (χ0n) is 7.62. The average Bonchev–Trinajstić information content (AvgIpc) is 1.78. The summed E-state index contributed by atoms with van der Waals surface area (Å²) in [6.45, 7) is 8.63. The van der Waals surface area contributed by atoms with E-state index in [4.69, 9.17) is 0 Å². The largest absolute Gasteiger partial charge is 0.103 e. The van der Waals surface area contributed by atoms with Gasteiger partial charge in [-0.15, -0.1) is 5.92 Å². The lowest BCUT2D eigenvalue weighted by atomic mass is 9.98. The SMILES string of the molecule is CCCCC#CC(C)(C)C. The molecule has 58 valence electrons. The number of rotatable bonds is 2. The van der Waals surface area contributed by atoms with Gasteiger partial charge in [-0.05, 0) is 27.2 Å². The first-order valence-corrected chi connectivity index (χ1v) is 4.06. The number of unbranched alkanes of at least 4 members (excludes halogenated alkanes) is 2. The molecule has 10 heavy (non-hydrogen) atoms. The van der Waals surface area contributed by atoms with Crippen LogP contribution < -0.4 is 0 Å². The molecule has 0 amide bonds. The van der Waals surface area contributed by atoms with Crippen LogP contribution in [0.15, 0.2) is 0 Å². The quantitative estimate of drug-likeness (QED) is 0.406. The van der Waals surface area contributed by atoms with Crippen LogP contribution in [0.25, 0.3) is 0 Å². The lowest BCUT2D eigenvalue weighted by Crippen LogP contribution is -1.98. The van der Waals surface area contributed by atoms with Crippen molar-refractivity contribution >= 4 is 0 Å². The first-order valence-electron chi connectivity index (χ1n) is 4.06. The van der Waals surface area contributed by atoms with Crippen LogP contribution in [-0.4, -0.2) is 0 Å². The maximum absolute atomic E-state index is 3.21. The molecule has 0 unspecified atom stereocenters. The highest BCUT2D eigenvalue weighted by Gasteiger charge is 2.02. The van der Waals surface area contributed by atoms with Crippen LogP contribution in [0.5, 0.6) is 0 Å². The monoisotopic (exact) mass is 138 g/mol. The summed E-state index contributed by atoms with van der Waals surface area (Å²) in [5, 5.41) is 0. The predicted molar refractivity (Wildman–Crippen MR) is 46.8 cm³/mol. The Bertz CT molecular complexity index is 126. The molecule has 0 heteroatoms. The van der Waals surface area contributed by atoms with Gasteiger partial charge in [-0.25, -0.2) is 0 Å². The fourth-order valence-electron chi connectivity index (χ4n) is 0.593. The molecular formula is C10H18. The molecule has 0 aliphatic carbocycles. The van der Waals surface area contributed by atoms with Crippen LogP contribution in [0.2, 0.25) is 0 Å². The summed E-state index contributed by atoms with van der Waals surface area (Å²) in [7, 11) is 0. The van der Waals surface area contributed by atoms with Crippen molar-refractivity contribution in [1.82, 2.24) is 0 Å². The van der Waals surface area contributed by atoms with E-state index < -0.39 is 0 Å². The topological polar surface area (TPSA) is 0 Å². The third-order valence-electron chi connectivity index (χ3n) is 1.12. The molecule has 0 aromatic carbocycles. The first-order chi connectivity index (χ1) is 4.56. The second kappa shape index (κ2) is 4.39. The van der Waals surface area contributed by atoms with Crippen molar-refractivity contribution < 1.29 is 0 Å². The van der Waals surface area contributed by atoms with Gasteiger partial charge in [0.05, 0.1) is 0 Å². The van der Waals surface area contributed by atoms with Gasteiger partial charge in [-0.1, -0.05) is 19.3 Å². The second-order valence-electron chi connectivity index (χ2n) is 3.66. The minimum atomic E-state index is 0.188. The van der Waals surface area contributed by atoms with E-state index in [2.05, 4.69) is 39.5 Å². The van der Waals surface area contributed by atoms with Crippen LogP contribution in [-0.2, 0) is 0 Å². The molecule has 0 fully saturated rings. The molecular weight excluding hydrogens is 120 g/mol. The van der Waals surface area contributed by atoms with Crippen LogP contribution in [0.3, 0.4) is 0 Å². The minimum absolute atomic E-state index is 0.188. The third-order valence-corrected chi connectivity index (χ3v) is 1.12. The summed E-state index contributed by atoms with van der Waals surface area (Å²) in [4.78, 5) is 0. The fourth-order valence-corrected chi connectivity index (χ4v) is 0.593. The summed E-state index contributed by atoms with van der Waals surface area (Å²) >= 11 is 0. The minimum Gasteiger partial charge on any atom is -0.103 e. The Morgan fingerprint density at radius 2 is 1.80 bits per heavy atom. The van der Waals surface area contributed by atoms with E-state index in [1.165, 1.54) is 12.8 Å². The van der Waals surface area contributed by atoms with Gasteiger partial charge in [-0.2, -0.15) is 0 Å². The summed E-state index contributed by atoms with van der Waals surface area (Å²) in [6, 6.07) is 0. The van der Waals surface area contributed by atoms with Crippen LogP contribution in [0.4, 0.5) is 0 Å². The lowest BCUT2D eigenvalue weighted by Gasteiger charge is -2.06. The van der Waals surface area contributed by atoms with Gasteiger partial charge in [0.25, 0.3) is 0 Å². The van der Waals surface area contributed by atoms with E-state index in [0.29, 0.717) is 0 Å². The van der Waals surface area contributed by atoms with Crippen LogP contribution in [0, 0.1) is 17.3 Å². The molecule has 0 nitrogen and oxygen atoms in total. The molecule has 0 atom stereocenters. The summed E-state index contributed by atoms with van der Waals surface area (Å²) in [5.74, 6) is 6.38. The van der Waals surface area contributed by atoms with E-state index in [9.17, 15) is 0 Å². The molecule has 0 saturated heterocycles. The molecule has 0 aliphatic heterocycles. The zero-order valence-corrected chi connectivity index (χ0v) is 7.62. The van der Waals surface area contributed by atoms with Crippen molar-refractivity contribution in [3.05, 3.63) is 0 Å². The maximum atomic E-state index is 3.21. The van der Waals surface area contributed by atoms with E-state index >= 15 is 0 Å². The highest BCUT2D eigenvalue weighted by Crippen LogP contribution is 2.10. The van der Waals surface area contributed by atoms with E-state index in [0.717, 1.165) is 6.42 Å². The molecule has 0 spiro atoms. The van der Waals surface area contributed by atoms with Crippen LogP contribution in [0.1, 0.15) is 47.0 Å². The van der Waals surface area contributed by atoms with Crippen molar-refractivity contribution in [3.8, 4) is 11.8 Å². The number of hydrogen-bond donors (Lipinski definition) is 0. The highest BCUT2D eigenvalue weighted by molar-refractivity contribution is 5.06. The lowest BCUT2D eigenvalue weighted by molar-refractivity contribution is 0.570. The van der Waals surface area contributed by atoms with Gasteiger partial charge < -0.3 is 0 Å². The molecule has 0 bridgehead atoms. The van der Waals surface area contributed by atoms with Crippen molar-refractivity contribution in [1.29, 1.82) is 0 Å². The van der Waals surface area contributed by atoms with Gasteiger partial charge in [0, 0.05) is 11.8 Å². The van der Waals surface area contributed by atoms with E-state index in [1.54, 1.807) is 0 Å². The third kappa shape index (κ3) is 7.56. The van der Waals surface area contributed by atoms with E-state index in [1.807, 2.05) is 0 Å². The second-order valence-corrected chi connectivity index (χ2v) is 3.66. The highest BCUT2D eigenvalue weighted by atomic mass is 14.1. The Hall–Kier alpha value is -0.440. The van der Waals surface area contributed by atoms with E-state index in [-0.39, 0.29) is 5.41 Å². The molecule has 0 rings (SSSR count). The Morgan fingerprint density at radius 3 is 2.20 bits per heavy atom. The molecule has 0 N–H and O–H groups in total. The fraction of sp³-hybridized carbons (Fsp3) is 0.800. The summed E-state index contributed by atoms with van der Waals surface area (Å²) < 4.78 is 0. The zero-order chi connectivity index (χ0) is 8.04. The molecule has 0 aliphatic rings. The molecule has 0 heterocycles. The Balaban J connectivity index is 3.50. The smallest absolute Gasteiger partial charge is 0.0230 e. The van der Waals surface area contributed by atoms with Gasteiger partial charge in [0.2, 0.25) is 0 Å². The van der Waals surface area contributed by atoms with Crippen molar-refractivity contribution in [2.24, 2.45) is 5.41 Å². The predicted octanol–water partition coefficient (Wildman–Crippen LogP) is 3.23. The van der Waals surface area contributed by atoms with Gasteiger partial charge in [-0.3, -0.25) is 0 Å². The Kier molecular flexibility index (Phi) is 4.19. The number of hydrogen-bond acceptors (Lipinski definition) is 0. The van der Waals surface area contributed by atoms with Gasteiger partial charge in [0.1, 0.15) is 0 Å². The van der Waals surface area contributed by atoms with Crippen molar-refractivity contribution in [2.45, 2.75) is 47.0 Å². The van der Waals surface area contributed by atoms with Crippen molar-refractivity contribution in [2.75, 3.05) is 0 Å². The van der Waals surface area contributed by atoms with Crippen molar-refractivity contribution in [3.63, 3.8) is 0 Å². The molecule has 0 radical (unpaired) electrons. The molecule has 0 saturated carbocycles. The average molecular weight is 138 g/mol. The maximum Gasteiger partial charge on any atom is 0.0230 e. The summed E-state index contributed by atoms with van der Waals surface area (Å²) in [5.41, 5.74) is 0.188. The Morgan fingerprint density at radius 1 is 1.20 bits per heavy atom. The van der Waals surface area contributed by atoms with Gasteiger partial charge >= 0.3 is 0 Å².